The maximum Gasteiger partial charge on any atom is 0.313 e. The number of amidine groups is 1. The quantitative estimate of drug-likeness (QED) is 0.586. The zero-order valence-corrected chi connectivity index (χ0v) is 18.8. The van der Waals surface area contributed by atoms with Crippen LogP contribution in [0, 0.1) is 5.41 Å². The largest absolute Gasteiger partial charge is 0.481 e. The van der Waals surface area contributed by atoms with Gasteiger partial charge in [-0.05, 0) is 35.8 Å². The van der Waals surface area contributed by atoms with Gasteiger partial charge in [0.2, 0.25) is 0 Å². The van der Waals surface area contributed by atoms with Gasteiger partial charge in [-0.15, -0.1) is 0 Å². The molecule has 7 heteroatoms. The molecular formula is C20H28N2O2S3. The van der Waals surface area contributed by atoms with E-state index in [1.807, 2.05) is 18.2 Å². The number of thioether (sulfide) groups is 2. The monoisotopic (exact) mass is 424 g/mol. The molecule has 0 unspecified atom stereocenters. The van der Waals surface area contributed by atoms with Crippen LogP contribution < -0.4 is 0 Å². The summed E-state index contributed by atoms with van der Waals surface area (Å²) in [5.74, 6) is 0.506. The van der Waals surface area contributed by atoms with E-state index in [-0.39, 0.29) is 11.2 Å². The normalized spacial score (nSPS) is 18.1. The molecule has 2 rings (SSSR count). The fourth-order valence-corrected chi connectivity index (χ4v) is 5.45. The zero-order chi connectivity index (χ0) is 20.0. The Bertz CT molecular complexity index is 715. The predicted octanol–water partition coefficient (Wildman–Crippen LogP) is 5.76. The van der Waals surface area contributed by atoms with Crippen molar-refractivity contribution >= 4 is 56.9 Å². The third kappa shape index (κ3) is 5.72. The van der Waals surface area contributed by atoms with Crippen LogP contribution in [0.1, 0.15) is 52.0 Å². The van der Waals surface area contributed by atoms with Gasteiger partial charge in [0.1, 0.15) is 4.32 Å². The lowest BCUT2D eigenvalue weighted by Gasteiger charge is -2.42. The van der Waals surface area contributed by atoms with Crippen LogP contribution in [0.5, 0.6) is 0 Å². The predicted molar refractivity (Wildman–Crippen MR) is 122 cm³/mol. The second-order valence-corrected chi connectivity index (χ2v) is 9.69. The molecule has 1 saturated heterocycles. The lowest BCUT2D eigenvalue weighted by molar-refractivity contribution is -0.133. The SMILES string of the molecule is CCC1(CC)CSC(=Nc2ccccc2C(C)C)N(C(=S)SCC(=O)O)C1. The van der Waals surface area contributed by atoms with Crippen LogP contribution in [0.15, 0.2) is 29.3 Å². The number of para-hydroxylation sites is 1. The Labute approximate surface area is 176 Å². The fourth-order valence-electron chi connectivity index (χ4n) is 3.04. The molecule has 0 aliphatic carbocycles. The maximum absolute atomic E-state index is 11.0. The minimum Gasteiger partial charge on any atom is -0.481 e. The molecule has 1 fully saturated rings. The van der Waals surface area contributed by atoms with Gasteiger partial charge in [0.25, 0.3) is 0 Å². The second-order valence-electron chi connectivity index (χ2n) is 7.14. The number of thiocarbonyl (C=S) groups is 1. The van der Waals surface area contributed by atoms with Gasteiger partial charge in [0.05, 0.1) is 11.4 Å². The van der Waals surface area contributed by atoms with Crippen LogP contribution in [-0.2, 0) is 4.79 Å². The van der Waals surface area contributed by atoms with Crippen LogP contribution >= 0.6 is 35.7 Å². The Morgan fingerprint density at radius 2 is 2.04 bits per heavy atom. The van der Waals surface area contributed by atoms with Crippen molar-refractivity contribution in [2.75, 3.05) is 18.1 Å². The number of carboxylic acids is 1. The van der Waals surface area contributed by atoms with Crippen molar-refractivity contribution < 1.29 is 9.90 Å². The van der Waals surface area contributed by atoms with E-state index in [1.165, 1.54) is 17.3 Å². The Hall–Kier alpha value is -1.05. The molecule has 1 heterocycles. The molecule has 0 spiro atoms. The van der Waals surface area contributed by atoms with Crippen molar-refractivity contribution in [1.82, 2.24) is 4.90 Å². The number of aliphatic carboxylic acids is 1. The Morgan fingerprint density at radius 1 is 1.37 bits per heavy atom. The average Bonchev–Trinajstić information content (AvgIpc) is 2.66. The summed E-state index contributed by atoms with van der Waals surface area (Å²) in [4.78, 5) is 18.0. The molecule has 4 nitrogen and oxygen atoms in total. The van der Waals surface area contributed by atoms with Crippen LogP contribution in [0.25, 0.3) is 0 Å². The third-order valence-electron chi connectivity index (χ3n) is 5.05. The molecule has 1 aromatic rings. The molecule has 0 amide bonds. The van der Waals surface area contributed by atoms with E-state index in [1.54, 1.807) is 11.8 Å². The van der Waals surface area contributed by atoms with Gasteiger partial charge in [0, 0.05) is 12.3 Å². The highest BCUT2D eigenvalue weighted by molar-refractivity contribution is 8.23. The van der Waals surface area contributed by atoms with E-state index in [9.17, 15) is 4.79 Å². The third-order valence-corrected chi connectivity index (χ3v) is 7.81. The Balaban J connectivity index is 2.37. The van der Waals surface area contributed by atoms with Crippen molar-refractivity contribution in [3.05, 3.63) is 29.8 Å². The van der Waals surface area contributed by atoms with Crippen LogP contribution in [0.2, 0.25) is 0 Å². The summed E-state index contributed by atoms with van der Waals surface area (Å²) in [6.45, 7) is 9.55. The number of hydrogen-bond donors (Lipinski definition) is 1. The second kappa shape index (κ2) is 9.94. The minimum absolute atomic E-state index is 0.0267. The highest BCUT2D eigenvalue weighted by atomic mass is 32.2. The highest BCUT2D eigenvalue weighted by Crippen LogP contribution is 2.40. The van der Waals surface area contributed by atoms with E-state index < -0.39 is 5.97 Å². The number of benzene rings is 1. The minimum atomic E-state index is -0.854. The van der Waals surface area contributed by atoms with Gasteiger partial charge >= 0.3 is 5.97 Å². The van der Waals surface area contributed by atoms with E-state index in [0.717, 1.165) is 36.0 Å². The summed E-state index contributed by atoms with van der Waals surface area (Å²) in [5.41, 5.74) is 2.35. The summed E-state index contributed by atoms with van der Waals surface area (Å²) in [6.07, 6.45) is 2.13. The molecule has 0 saturated carbocycles. The molecule has 0 bridgehead atoms. The highest BCUT2D eigenvalue weighted by Gasteiger charge is 2.37. The molecule has 27 heavy (non-hydrogen) atoms. The zero-order valence-electron chi connectivity index (χ0n) is 16.4. The van der Waals surface area contributed by atoms with E-state index >= 15 is 0 Å². The van der Waals surface area contributed by atoms with Crippen molar-refractivity contribution in [1.29, 1.82) is 0 Å². The van der Waals surface area contributed by atoms with Gasteiger partial charge in [-0.1, -0.05) is 81.6 Å². The molecule has 1 aromatic carbocycles. The van der Waals surface area contributed by atoms with Gasteiger partial charge in [-0.25, -0.2) is 4.99 Å². The lowest BCUT2D eigenvalue weighted by Crippen LogP contribution is -2.47. The van der Waals surface area contributed by atoms with Crippen LogP contribution in [0.3, 0.4) is 0 Å². The molecule has 1 N–H and O–H groups in total. The molecular weight excluding hydrogens is 396 g/mol. The summed E-state index contributed by atoms with van der Waals surface area (Å²) >= 11 is 8.53. The average molecular weight is 425 g/mol. The Morgan fingerprint density at radius 3 is 2.63 bits per heavy atom. The summed E-state index contributed by atoms with van der Waals surface area (Å²) in [7, 11) is 0. The first kappa shape index (κ1) is 22.2. The van der Waals surface area contributed by atoms with Gasteiger partial charge in [-0.3, -0.25) is 4.79 Å². The molecule has 1 aliphatic heterocycles. The molecule has 148 valence electrons. The number of rotatable bonds is 6. The first-order valence-electron chi connectivity index (χ1n) is 9.28. The summed E-state index contributed by atoms with van der Waals surface area (Å²) in [5, 5.41) is 9.90. The molecule has 0 atom stereocenters. The van der Waals surface area contributed by atoms with E-state index in [2.05, 4.69) is 38.7 Å². The number of aliphatic imine (C=N–C) groups is 1. The topological polar surface area (TPSA) is 52.9 Å². The lowest BCUT2D eigenvalue weighted by atomic mass is 9.84. The number of carboxylic acid groups (broad SMARTS) is 1. The van der Waals surface area contributed by atoms with Gasteiger partial charge in [-0.2, -0.15) is 0 Å². The summed E-state index contributed by atoms with van der Waals surface area (Å²) < 4.78 is 0.594. The van der Waals surface area contributed by atoms with Gasteiger partial charge in [0.15, 0.2) is 5.17 Å². The van der Waals surface area contributed by atoms with Gasteiger partial charge < -0.3 is 10.0 Å². The van der Waals surface area contributed by atoms with Crippen LogP contribution in [0.4, 0.5) is 5.69 Å². The fraction of sp³-hybridized carbons (Fsp3) is 0.550. The first-order chi connectivity index (χ1) is 12.8. The van der Waals surface area contributed by atoms with Crippen molar-refractivity contribution in [3.63, 3.8) is 0 Å². The van der Waals surface area contributed by atoms with Crippen molar-refractivity contribution in [3.8, 4) is 0 Å². The summed E-state index contributed by atoms with van der Waals surface area (Å²) in [6, 6.07) is 8.19. The maximum atomic E-state index is 11.0. The number of hydrogen-bond acceptors (Lipinski definition) is 5. The van der Waals surface area contributed by atoms with Crippen molar-refractivity contribution in [2.24, 2.45) is 10.4 Å². The number of carbonyl (C=O) groups is 1. The first-order valence-corrected chi connectivity index (χ1v) is 11.7. The van der Waals surface area contributed by atoms with E-state index in [0.29, 0.717) is 10.2 Å². The Kier molecular flexibility index (Phi) is 8.19. The number of nitrogens with zero attached hydrogens (tertiary/aromatic N) is 2. The molecule has 0 aromatic heterocycles. The van der Waals surface area contributed by atoms with Crippen molar-refractivity contribution in [2.45, 2.75) is 46.5 Å². The van der Waals surface area contributed by atoms with E-state index in [4.69, 9.17) is 22.3 Å². The van der Waals surface area contributed by atoms with Crippen LogP contribution in [-0.4, -0.2) is 43.5 Å². The standard InChI is InChI=1S/C20H28N2O2S3/c1-5-20(6-2)12-22(19(25)26-11-17(23)24)18(27-13-20)21-16-10-8-7-9-15(16)14(3)4/h7-10,14H,5-6,11-13H2,1-4H3,(H,23,24). The smallest absolute Gasteiger partial charge is 0.313 e. The molecule has 0 radical (unpaired) electrons. The molecule has 1 aliphatic rings.